The molecule has 0 bridgehead atoms. The van der Waals surface area contributed by atoms with Gasteiger partial charge in [-0.2, -0.15) is 18.3 Å². The third-order valence-electron chi connectivity index (χ3n) is 3.48. The number of carbonyl (C=O) groups excluding carboxylic acids is 1. The van der Waals surface area contributed by atoms with E-state index in [2.05, 4.69) is 5.10 Å². The maximum Gasteiger partial charge on any atom is 0.435 e. The molecule has 2 aliphatic rings. The molecule has 0 amide bonds. The zero-order valence-electron chi connectivity index (χ0n) is 10.9. The minimum atomic E-state index is -4.33. The van der Waals surface area contributed by atoms with E-state index in [9.17, 15) is 18.0 Å². The Morgan fingerprint density at radius 1 is 1.32 bits per heavy atom. The fraction of sp³-hybridized carbons (Fsp3) is 0.692. The Bertz CT molecular complexity index is 453. The predicted molar refractivity (Wildman–Crippen MR) is 63.5 cm³/mol. The van der Waals surface area contributed by atoms with E-state index in [1.54, 1.807) is 13.8 Å². The Morgan fingerprint density at radius 3 is 2.16 bits per heavy atom. The molecule has 2 fully saturated rings. The van der Waals surface area contributed by atoms with Crippen molar-refractivity contribution in [2.45, 2.75) is 45.3 Å². The quantitative estimate of drug-likeness (QED) is 0.786. The largest absolute Gasteiger partial charge is 0.435 e. The van der Waals surface area contributed by atoms with Gasteiger partial charge in [-0.1, -0.05) is 0 Å². The summed E-state index contributed by atoms with van der Waals surface area (Å²) in [5.74, 6) is 2.18. The van der Waals surface area contributed by atoms with Crippen molar-refractivity contribution in [2.24, 2.45) is 11.8 Å². The van der Waals surface area contributed by atoms with Crippen molar-refractivity contribution < 1.29 is 18.0 Å². The lowest BCUT2D eigenvalue weighted by Crippen LogP contribution is -2.08. The topological polar surface area (TPSA) is 34.9 Å². The number of Topliss-reactive ketones (excluding diaryl/α,β-unsaturated/α-hetero) is 1. The average molecular weight is 274 g/mol. The van der Waals surface area contributed by atoms with Crippen molar-refractivity contribution in [2.75, 3.05) is 0 Å². The summed E-state index contributed by atoms with van der Waals surface area (Å²) in [4.78, 5) is 10.5. The van der Waals surface area contributed by atoms with Crippen LogP contribution in [0.2, 0.25) is 0 Å². The summed E-state index contributed by atoms with van der Waals surface area (Å²) in [5.41, 5.74) is -0.837. The average Bonchev–Trinajstić information content (AvgIpc) is 2.77. The van der Waals surface area contributed by atoms with Gasteiger partial charge in [-0.15, -0.1) is 0 Å². The van der Waals surface area contributed by atoms with Gasteiger partial charge in [0, 0.05) is 25.1 Å². The summed E-state index contributed by atoms with van der Waals surface area (Å²) < 4.78 is 37.2. The van der Waals surface area contributed by atoms with E-state index < -0.39 is 11.9 Å². The van der Waals surface area contributed by atoms with Gasteiger partial charge in [-0.3, -0.25) is 9.48 Å². The summed E-state index contributed by atoms with van der Waals surface area (Å²) in [6, 6.07) is 0.932. The molecule has 6 heteroatoms. The molecule has 0 saturated heterocycles. The molecule has 0 unspecified atom stereocenters. The number of alkyl halides is 3. The molecule has 3 nitrogen and oxygen atoms in total. The number of hydrogen-bond donors (Lipinski definition) is 0. The number of rotatable bonds is 1. The third kappa shape index (κ3) is 3.58. The summed E-state index contributed by atoms with van der Waals surface area (Å²) >= 11 is 0. The monoisotopic (exact) mass is 274 g/mol. The maximum absolute atomic E-state index is 12.0. The number of ketones is 1. The van der Waals surface area contributed by atoms with Crippen LogP contribution in [0.3, 0.4) is 0 Å². The molecule has 1 aromatic heterocycles. The van der Waals surface area contributed by atoms with Crippen molar-refractivity contribution in [3.63, 3.8) is 0 Å². The summed E-state index contributed by atoms with van der Waals surface area (Å²) in [6.07, 6.45) is 0.161. The maximum atomic E-state index is 12.0. The minimum absolute atomic E-state index is 0.0406. The highest BCUT2D eigenvalue weighted by Crippen LogP contribution is 2.49. The van der Waals surface area contributed by atoms with E-state index in [0.717, 1.165) is 30.7 Å². The van der Waals surface area contributed by atoms with Crippen molar-refractivity contribution in [1.82, 2.24) is 9.78 Å². The molecule has 106 valence electrons. The van der Waals surface area contributed by atoms with Crippen LogP contribution in [-0.4, -0.2) is 15.6 Å². The summed E-state index contributed by atoms with van der Waals surface area (Å²) in [5, 5.41) is 3.37. The number of halogens is 3. The number of carbonyl (C=O) groups is 1. The van der Waals surface area contributed by atoms with Crippen LogP contribution in [0.5, 0.6) is 0 Å². The van der Waals surface area contributed by atoms with Gasteiger partial charge in [0.25, 0.3) is 0 Å². The first-order valence-electron chi connectivity index (χ1n) is 6.41. The van der Waals surface area contributed by atoms with Crippen LogP contribution >= 0.6 is 0 Å². The van der Waals surface area contributed by atoms with Crippen LogP contribution in [0.1, 0.15) is 44.8 Å². The minimum Gasteiger partial charge on any atom is -0.300 e. The van der Waals surface area contributed by atoms with E-state index in [-0.39, 0.29) is 6.04 Å². The van der Waals surface area contributed by atoms with Crippen LogP contribution < -0.4 is 0 Å². The first-order chi connectivity index (χ1) is 8.77. The zero-order chi connectivity index (χ0) is 14.2. The van der Waals surface area contributed by atoms with Gasteiger partial charge in [-0.25, -0.2) is 0 Å². The SMILES string of the molecule is CC(C)n1ccc(C(F)(F)F)n1.O=C1C[C@@H]2C[C@@H]2C1. The fourth-order valence-electron chi connectivity index (χ4n) is 2.26. The second-order valence-corrected chi connectivity index (χ2v) is 5.48. The third-order valence-corrected chi connectivity index (χ3v) is 3.48. The second kappa shape index (κ2) is 4.98. The molecule has 3 rings (SSSR count). The number of nitrogens with zero attached hydrogens (tertiary/aromatic N) is 2. The molecule has 1 aromatic rings. The molecule has 1 heterocycles. The van der Waals surface area contributed by atoms with Gasteiger partial charge in [-0.05, 0) is 38.2 Å². The molecule has 0 spiro atoms. The Hall–Kier alpha value is -1.33. The van der Waals surface area contributed by atoms with E-state index in [1.807, 2.05) is 0 Å². The smallest absolute Gasteiger partial charge is 0.300 e. The molecule has 0 aliphatic heterocycles. The highest BCUT2D eigenvalue weighted by Gasteiger charge is 2.45. The summed E-state index contributed by atoms with van der Waals surface area (Å²) in [6.45, 7) is 3.54. The molecular formula is C13H17F3N2O. The van der Waals surface area contributed by atoms with Gasteiger partial charge in [0.1, 0.15) is 5.78 Å². The van der Waals surface area contributed by atoms with Crippen molar-refractivity contribution in [3.8, 4) is 0 Å². The van der Waals surface area contributed by atoms with Gasteiger partial charge >= 0.3 is 6.18 Å². The van der Waals surface area contributed by atoms with Gasteiger partial charge < -0.3 is 0 Å². The highest BCUT2D eigenvalue weighted by atomic mass is 19.4. The van der Waals surface area contributed by atoms with E-state index >= 15 is 0 Å². The lowest BCUT2D eigenvalue weighted by atomic mass is 10.2. The first-order valence-corrected chi connectivity index (χ1v) is 6.41. The van der Waals surface area contributed by atoms with Gasteiger partial charge in [0.2, 0.25) is 0 Å². The molecule has 0 aromatic carbocycles. The van der Waals surface area contributed by atoms with Crippen LogP contribution in [0.15, 0.2) is 12.3 Å². The van der Waals surface area contributed by atoms with E-state index in [1.165, 1.54) is 17.3 Å². The van der Waals surface area contributed by atoms with Crippen molar-refractivity contribution >= 4 is 5.78 Å². The Balaban J connectivity index is 0.000000159. The lowest BCUT2D eigenvalue weighted by molar-refractivity contribution is -0.141. The number of fused-ring (bicyclic) bond motifs is 1. The number of hydrogen-bond acceptors (Lipinski definition) is 2. The fourth-order valence-corrected chi connectivity index (χ4v) is 2.26. The Morgan fingerprint density at radius 2 is 1.89 bits per heavy atom. The molecule has 2 atom stereocenters. The molecule has 0 radical (unpaired) electrons. The van der Waals surface area contributed by atoms with Gasteiger partial charge in [0.05, 0.1) is 0 Å². The number of aromatic nitrogens is 2. The standard InChI is InChI=1S/C7H9F3N2.C6H8O/c1-5(2)12-4-3-6(11-12)7(8,9)10;7-6-2-4-1-5(4)3-6/h3-5H,1-2H3;4-5H,1-3H2/t;4-,5+. The Kier molecular flexibility index (Phi) is 3.69. The van der Waals surface area contributed by atoms with Crippen LogP contribution in [0, 0.1) is 11.8 Å². The van der Waals surface area contributed by atoms with Crippen molar-refractivity contribution in [3.05, 3.63) is 18.0 Å². The summed E-state index contributed by atoms with van der Waals surface area (Å²) in [7, 11) is 0. The molecule has 19 heavy (non-hydrogen) atoms. The predicted octanol–water partition coefficient (Wildman–Crippen LogP) is 3.47. The normalized spacial score (nSPS) is 25.1. The van der Waals surface area contributed by atoms with Crippen LogP contribution in [0.25, 0.3) is 0 Å². The first kappa shape index (κ1) is 14.1. The van der Waals surface area contributed by atoms with E-state index in [0.29, 0.717) is 5.78 Å². The van der Waals surface area contributed by atoms with E-state index in [4.69, 9.17) is 0 Å². The molecule has 0 N–H and O–H groups in total. The lowest BCUT2D eigenvalue weighted by Gasteiger charge is -2.04. The second-order valence-electron chi connectivity index (χ2n) is 5.48. The zero-order valence-corrected chi connectivity index (χ0v) is 10.9. The van der Waals surface area contributed by atoms with Crippen LogP contribution in [-0.2, 0) is 11.0 Å². The van der Waals surface area contributed by atoms with Crippen molar-refractivity contribution in [1.29, 1.82) is 0 Å². The molecule has 2 aliphatic carbocycles. The highest BCUT2D eigenvalue weighted by molar-refractivity contribution is 5.82. The molecule has 2 saturated carbocycles. The Labute approximate surface area is 109 Å². The van der Waals surface area contributed by atoms with Gasteiger partial charge in [0.15, 0.2) is 5.69 Å². The molecular weight excluding hydrogens is 257 g/mol. The van der Waals surface area contributed by atoms with Crippen LogP contribution in [0.4, 0.5) is 13.2 Å².